The minimum Gasteiger partial charge on any atom is -0.457 e. The third kappa shape index (κ3) is 4.95. The Morgan fingerprint density at radius 2 is 1.94 bits per heavy atom. The maximum Gasteiger partial charge on any atom is 0.294 e. The van der Waals surface area contributed by atoms with Gasteiger partial charge in [0.25, 0.3) is 11.1 Å². The molecule has 1 saturated heterocycles. The Hall–Kier alpha value is -3.30. The third-order valence-corrected chi connectivity index (χ3v) is 6.19. The molecule has 1 aromatic heterocycles. The smallest absolute Gasteiger partial charge is 0.294 e. The quantitative estimate of drug-likeness (QED) is 0.381. The van der Waals surface area contributed by atoms with Gasteiger partial charge in [-0.25, -0.2) is 4.39 Å². The van der Waals surface area contributed by atoms with Crippen LogP contribution in [-0.4, -0.2) is 34.8 Å². The van der Waals surface area contributed by atoms with Crippen molar-refractivity contribution in [2.45, 2.75) is 4.90 Å². The van der Waals surface area contributed by atoms with Gasteiger partial charge in [-0.05, 0) is 72.6 Å². The van der Waals surface area contributed by atoms with Gasteiger partial charge in [-0.2, -0.15) is 0 Å². The Labute approximate surface area is 191 Å². The van der Waals surface area contributed by atoms with Gasteiger partial charge in [-0.3, -0.25) is 19.3 Å². The van der Waals surface area contributed by atoms with Gasteiger partial charge in [0.15, 0.2) is 0 Å². The summed E-state index contributed by atoms with van der Waals surface area (Å²) in [7, 11) is 0. The predicted octanol–water partition coefficient (Wildman–Crippen LogP) is 5.48. The molecule has 4 rings (SSSR count). The summed E-state index contributed by atoms with van der Waals surface area (Å²) in [5, 5.41) is 2.17. The lowest BCUT2D eigenvalue weighted by atomic mass is 10.2. The van der Waals surface area contributed by atoms with E-state index in [1.165, 1.54) is 30.0 Å². The lowest BCUT2D eigenvalue weighted by Crippen LogP contribution is -2.36. The molecule has 3 amide bonds. The first-order chi connectivity index (χ1) is 15.4. The second-order valence-corrected chi connectivity index (χ2v) is 8.63. The predicted molar refractivity (Wildman–Crippen MR) is 124 cm³/mol. The summed E-state index contributed by atoms with van der Waals surface area (Å²) < 4.78 is 18.8. The Morgan fingerprint density at radius 3 is 2.69 bits per heavy atom. The first-order valence-corrected chi connectivity index (χ1v) is 11.5. The molecule has 6 nitrogen and oxygen atoms in total. The van der Waals surface area contributed by atoms with Gasteiger partial charge >= 0.3 is 0 Å². The highest BCUT2D eigenvalue weighted by Gasteiger charge is 2.36. The van der Waals surface area contributed by atoms with E-state index < -0.39 is 17.1 Å². The van der Waals surface area contributed by atoms with E-state index in [9.17, 15) is 18.8 Å². The van der Waals surface area contributed by atoms with Crippen molar-refractivity contribution in [3.8, 4) is 11.3 Å². The number of thioether (sulfide) groups is 2. The number of carbonyl (C=O) groups is 3. The van der Waals surface area contributed by atoms with Gasteiger partial charge in [0.2, 0.25) is 5.91 Å². The molecule has 0 spiro atoms. The molecule has 32 heavy (non-hydrogen) atoms. The maximum atomic E-state index is 13.1. The van der Waals surface area contributed by atoms with Crippen molar-refractivity contribution in [2.75, 3.05) is 18.1 Å². The van der Waals surface area contributed by atoms with Crippen molar-refractivity contribution < 1.29 is 23.2 Å². The second-order valence-electron chi connectivity index (χ2n) is 6.76. The van der Waals surface area contributed by atoms with Crippen LogP contribution in [0.4, 0.5) is 14.9 Å². The Morgan fingerprint density at radius 1 is 1.16 bits per heavy atom. The van der Waals surface area contributed by atoms with E-state index in [1.54, 1.807) is 30.3 Å². The van der Waals surface area contributed by atoms with Gasteiger partial charge in [-0.15, -0.1) is 11.8 Å². The summed E-state index contributed by atoms with van der Waals surface area (Å²) >= 11 is 2.28. The van der Waals surface area contributed by atoms with Gasteiger partial charge in [0, 0.05) is 22.2 Å². The van der Waals surface area contributed by atoms with Crippen LogP contribution in [0.2, 0.25) is 0 Å². The van der Waals surface area contributed by atoms with E-state index in [1.807, 2.05) is 24.5 Å². The summed E-state index contributed by atoms with van der Waals surface area (Å²) in [5.41, 5.74) is 1.27. The zero-order chi connectivity index (χ0) is 22.7. The number of hydrogen-bond acceptors (Lipinski definition) is 6. The summed E-state index contributed by atoms with van der Waals surface area (Å²) in [6.07, 6.45) is 3.38. The van der Waals surface area contributed by atoms with Crippen LogP contribution in [-0.2, 0) is 9.59 Å². The van der Waals surface area contributed by atoms with Crippen LogP contribution in [0.5, 0.6) is 0 Å². The van der Waals surface area contributed by atoms with Crippen molar-refractivity contribution >= 4 is 52.3 Å². The number of carbonyl (C=O) groups excluding carboxylic acids is 3. The maximum absolute atomic E-state index is 13.1. The molecule has 2 aromatic carbocycles. The molecule has 162 valence electrons. The van der Waals surface area contributed by atoms with Crippen LogP contribution in [0.3, 0.4) is 0 Å². The number of amides is 3. The van der Waals surface area contributed by atoms with Crippen LogP contribution in [0.15, 0.2) is 74.9 Å². The monoisotopic (exact) mass is 468 g/mol. The number of benzene rings is 2. The topological polar surface area (TPSA) is 79.6 Å². The highest BCUT2D eigenvalue weighted by molar-refractivity contribution is 8.18. The molecule has 1 fully saturated rings. The molecule has 1 N–H and O–H groups in total. The Bertz CT molecular complexity index is 1220. The minimum atomic E-state index is -0.562. The molecule has 0 bridgehead atoms. The highest BCUT2D eigenvalue weighted by atomic mass is 32.2. The van der Waals surface area contributed by atoms with Crippen LogP contribution >= 0.6 is 23.5 Å². The number of furan rings is 1. The Balaban J connectivity index is 1.44. The van der Waals surface area contributed by atoms with E-state index in [0.29, 0.717) is 22.8 Å². The molecule has 3 aromatic rings. The van der Waals surface area contributed by atoms with E-state index in [0.717, 1.165) is 21.6 Å². The molecule has 0 saturated carbocycles. The fraction of sp³-hybridized carbons (Fsp3) is 0.0870. The summed E-state index contributed by atoms with van der Waals surface area (Å²) in [6, 6.07) is 16.4. The lowest BCUT2D eigenvalue weighted by molar-refractivity contribution is -0.127. The molecule has 0 atom stereocenters. The summed E-state index contributed by atoms with van der Waals surface area (Å²) in [6.45, 7) is -0.384. The number of nitrogens with one attached hydrogen (secondary N) is 1. The average molecular weight is 469 g/mol. The largest absolute Gasteiger partial charge is 0.457 e. The average Bonchev–Trinajstić information content (AvgIpc) is 3.35. The fourth-order valence-corrected chi connectivity index (χ4v) is 4.29. The van der Waals surface area contributed by atoms with E-state index in [-0.39, 0.29) is 17.3 Å². The van der Waals surface area contributed by atoms with Gasteiger partial charge in [0.05, 0.1) is 4.91 Å². The first kappa shape index (κ1) is 21.9. The fourth-order valence-electron chi connectivity index (χ4n) is 3.01. The van der Waals surface area contributed by atoms with Crippen LogP contribution in [0.25, 0.3) is 17.4 Å². The summed E-state index contributed by atoms with van der Waals surface area (Å²) in [4.78, 5) is 39.4. The number of anilines is 1. The van der Waals surface area contributed by atoms with E-state index in [4.69, 9.17) is 4.42 Å². The van der Waals surface area contributed by atoms with Crippen LogP contribution < -0.4 is 5.32 Å². The SMILES string of the molecule is CSc1cccc(NC(=O)CN2C(=O)S/C(=C\c3ccc(-c4ccc(F)cc4)o3)C2=O)c1. The van der Waals surface area contributed by atoms with Crippen molar-refractivity contribution in [3.05, 3.63) is 77.1 Å². The number of halogens is 1. The standard InChI is InChI=1S/C23H17FN2O4S2/c1-31-18-4-2-3-16(11-18)25-21(27)13-26-22(28)20(32-23(26)29)12-17-9-10-19(30-17)14-5-7-15(24)8-6-14/h2-12H,13H2,1H3,(H,25,27)/b20-12-. The number of imide groups is 1. The lowest BCUT2D eigenvalue weighted by Gasteiger charge is -2.12. The molecule has 2 heterocycles. The summed E-state index contributed by atoms with van der Waals surface area (Å²) in [5.74, 6) is -0.512. The molecular weight excluding hydrogens is 451 g/mol. The number of nitrogens with zero attached hydrogens (tertiary/aromatic N) is 1. The van der Waals surface area contributed by atoms with Gasteiger partial charge < -0.3 is 9.73 Å². The number of hydrogen-bond donors (Lipinski definition) is 1. The zero-order valence-corrected chi connectivity index (χ0v) is 18.5. The van der Waals surface area contributed by atoms with Crippen molar-refractivity contribution in [2.24, 2.45) is 0 Å². The molecule has 0 radical (unpaired) electrons. The molecular formula is C23H17FN2O4S2. The first-order valence-electron chi connectivity index (χ1n) is 9.48. The van der Waals surface area contributed by atoms with Crippen molar-refractivity contribution in [1.29, 1.82) is 0 Å². The van der Waals surface area contributed by atoms with Gasteiger partial charge in [0.1, 0.15) is 23.9 Å². The molecule has 1 aliphatic heterocycles. The minimum absolute atomic E-state index is 0.159. The normalized spacial score (nSPS) is 14.9. The van der Waals surface area contributed by atoms with Crippen LogP contribution in [0, 0.1) is 5.82 Å². The molecule has 9 heteroatoms. The molecule has 1 aliphatic rings. The Kier molecular flexibility index (Phi) is 6.48. The molecule has 0 unspecified atom stereocenters. The van der Waals surface area contributed by atoms with Crippen molar-refractivity contribution in [1.82, 2.24) is 4.90 Å². The van der Waals surface area contributed by atoms with E-state index >= 15 is 0 Å². The van der Waals surface area contributed by atoms with Crippen molar-refractivity contribution in [3.63, 3.8) is 0 Å². The second kappa shape index (κ2) is 9.46. The van der Waals surface area contributed by atoms with Crippen LogP contribution in [0.1, 0.15) is 5.76 Å². The number of rotatable bonds is 6. The highest BCUT2D eigenvalue weighted by Crippen LogP contribution is 2.33. The molecule has 0 aliphatic carbocycles. The third-order valence-electron chi connectivity index (χ3n) is 4.56. The zero-order valence-electron chi connectivity index (χ0n) is 16.8. The van der Waals surface area contributed by atoms with Gasteiger partial charge in [-0.1, -0.05) is 6.07 Å². The van der Waals surface area contributed by atoms with E-state index in [2.05, 4.69) is 5.32 Å².